The highest BCUT2D eigenvalue weighted by molar-refractivity contribution is 8.55. The summed E-state index contributed by atoms with van der Waals surface area (Å²) in [4.78, 5) is 0. The fourth-order valence-electron chi connectivity index (χ4n) is 2.32. The number of sulfone groups is 1. The van der Waals surface area contributed by atoms with E-state index >= 15 is 0 Å². The van der Waals surface area contributed by atoms with Crippen molar-refractivity contribution >= 4 is 39.6 Å². The van der Waals surface area contributed by atoms with Crippen LogP contribution in [0.1, 0.15) is 52.9 Å². The third-order valence-electron chi connectivity index (χ3n) is 3.53. The Morgan fingerprint density at radius 2 is 1.88 bits per heavy atom. The van der Waals surface area contributed by atoms with E-state index in [4.69, 9.17) is 20.6 Å². The minimum absolute atomic E-state index is 0.00673. The highest BCUT2D eigenvalue weighted by atomic mass is 35.5. The molecule has 0 saturated heterocycles. The van der Waals surface area contributed by atoms with Gasteiger partial charge in [0, 0.05) is 19.4 Å². The molecular weight excluding hydrogens is 419 g/mol. The number of aryl methyl sites for hydroxylation is 1. The van der Waals surface area contributed by atoms with Crippen LogP contribution in [0.4, 0.5) is 0 Å². The Bertz CT molecular complexity index is 724. The van der Waals surface area contributed by atoms with Gasteiger partial charge in [-0.1, -0.05) is 51.6 Å². The second-order valence-corrected chi connectivity index (χ2v) is 12.5. The first-order valence-corrected chi connectivity index (χ1v) is 13.9. The van der Waals surface area contributed by atoms with E-state index in [1.165, 1.54) is 11.8 Å². The molecular formula is C15H28ClN2O5PS2. The fourth-order valence-corrected chi connectivity index (χ4v) is 7.01. The maximum atomic E-state index is 12.8. The summed E-state index contributed by atoms with van der Waals surface area (Å²) in [6.07, 6.45) is 4.07. The molecule has 26 heavy (non-hydrogen) atoms. The minimum Gasteiger partial charge on any atom is -0.395 e. The van der Waals surface area contributed by atoms with Crippen molar-refractivity contribution in [3.63, 3.8) is 0 Å². The number of halogens is 1. The van der Waals surface area contributed by atoms with E-state index in [2.05, 4.69) is 12.0 Å². The third kappa shape index (κ3) is 6.44. The SMILES string of the molecule is CCCCCCS(=O)(=O)c1c(Cl)c(OP(=O)(OC)SCC)nn1CCC. The predicted octanol–water partition coefficient (Wildman–Crippen LogP) is 5.19. The molecule has 1 heterocycles. The van der Waals surface area contributed by atoms with Crippen molar-refractivity contribution in [2.24, 2.45) is 0 Å². The van der Waals surface area contributed by atoms with Gasteiger partial charge in [0.2, 0.25) is 0 Å². The van der Waals surface area contributed by atoms with Gasteiger partial charge in [-0.25, -0.2) is 17.7 Å². The predicted molar refractivity (Wildman–Crippen MR) is 107 cm³/mol. The zero-order chi connectivity index (χ0) is 19.8. The average Bonchev–Trinajstić information content (AvgIpc) is 2.88. The normalized spacial score (nSPS) is 14.3. The Kier molecular flexibility index (Phi) is 10.0. The summed E-state index contributed by atoms with van der Waals surface area (Å²) in [7, 11) is -2.36. The summed E-state index contributed by atoms with van der Waals surface area (Å²) < 4.78 is 49.8. The molecule has 0 fully saturated rings. The van der Waals surface area contributed by atoms with Crippen LogP contribution in [0.2, 0.25) is 5.02 Å². The molecule has 152 valence electrons. The lowest BCUT2D eigenvalue weighted by molar-refractivity contribution is 0.336. The Balaban J connectivity index is 3.19. The van der Waals surface area contributed by atoms with Crippen molar-refractivity contribution < 1.29 is 22.0 Å². The van der Waals surface area contributed by atoms with Crippen LogP contribution in [0.25, 0.3) is 0 Å². The lowest BCUT2D eigenvalue weighted by Gasteiger charge is -2.13. The summed E-state index contributed by atoms with van der Waals surface area (Å²) in [5.74, 6) is 0.326. The van der Waals surface area contributed by atoms with Crippen LogP contribution in [0, 0.1) is 0 Å². The molecule has 1 aromatic heterocycles. The third-order valence-corrected chi connectivity index (χ3v) is 9.62. The van der Waals surface area contributed by atoms with Gasteiger partial charge in [0.15, 0.2) is 14.9 Å². The molecule has 1 unspecified atom stereocenters. The van der Waals surface area contributed by atoms with E-state index in [1.54, 1.807) is 0 Å². The number of hydrogen-bond donors (Lipinski definition) is 0. The summed E-state index contributed by atoms with van der Waals surface area (Å²) in [6.45, 7) is 2.65. The van der Waals surface area contributed by atoms with Crippen molar-refractivity contribution in [1.29, 1.82) is 0 Å². The van der Waals surface area contributed by atoms with Crippen LogP contribution in [0.3, 0.4) is 0 Å². The highest BCUT2D eigenvalue weighted by Gasteiger charge is 2.33. The van der Waals surface area contributed by atoms with Gasteiger partial charge in [-0.05, 0) is 24.2 Å². The maximum Gasteiger partial charge on any atom is 0.441 e. The van der Waals surface area contributed by atoms with Crippen molar-refractivity contribution in [3.8, 4) is 5.88 Å². The zero-order valence-electron chi connectivity index (χ0n) is 15.7. The van der Waals surface area contributed by atoms with Crippen molar-refractivity contribution in [1.82, 2.24) is 9.78 Å². The van der Waals surface area contributed by atoms with E-state index < -0.39 is 16.6 Å². The molecule has 1 rings (SSSR count). The quantitative estimate of drug-likeness (QED) is 0.304. The van der Waals surface area contributed by atoms with Gasteiger partial charge in [0.25, 0.3) is 5.88 Å². The Morgan fingerprint density at radius 1 is 1.19 bits per heavy atom. The summed E-state index contributed by atoms with van der Waals surface area (Å²) in [5, 5.41) is 3.93. The number of rotatable bonds is 13. The molecule has 0 aromatic carbocycles. The van der Waals surface area contributed by atoms with Crippen LogP contribution in [0.5, 0.6) is 5.88 Å². The fraction of sp³-hybridized carbons (Fsp3) is 0.800. The molecule has 0 amide bonds. The lowest BCUT2D eigenvalue weighted by Crippen LogP contribution is -2.14. The van der Waals surface area contributed by atoms with Gasteiger partial charge in [-0.3, -0.25) is 4.52 Å². The maximum absolute atomic E-state index is 12.8. The van der Waals surface area contributed by atoms with E-state index in [0.717, 1.165) is 30.6 Å². The van der Waals surface area contributed by atoms with Crippen LogP contribution in [0.15, 0.2) is 5.03 Å². The molecule has 0 aliphatic heterocycles. The van der Waals surface area contributed by atoms with Gasteiger partial charge < -0.3 is 4.52 Å². The van der Waals surface area contributed by atoms with E-state index in [0.29, 0.717) is 25.1 Å². The summed E-state index contributed by atoms with van der Waals surface area (Å²) in [5.41, 5.74) is 0. The summed E-state index contributed by atoms with van der Waals surface area (Å²) in [6, 6.07) is 0. The second kappa shape index (κ2) is 11.0. The van der Waals surface area contributed by atoms with Crippen LogP contribution >= 0.6 is 29.8 Å². The molecule has 11 heteroatoms. The molecule has 0 aliphatic carbocycles. The molecule has 1 aromatic rings. The van der Waals surface area contributed by atoms with Crippen LogP contribution in [-0.4, -0.2) is 36.8 Å². The Morgan fingerprint density at radius 3 is 2.42 bits per heavy atom. The number of aromatic nitrogens is 2. The van der Waals surface area contributed by atoms with Crippen molar-refractivity contribution in [2.75, 3.05) is 18.6 Å². The minimum atomic E-state index is -3.63. The number of hydrogen-bond acceptors (Lipinski definition) is 7. The molecule has 0 radical (unpaired) electrons. The topological polar surface area (TPSA) is 87.5 Å². The smallest absolute Gasteiger partial charge is 0.395 e. The first kappa shape index (κ1) is 23.8. The molecule has 0 N–H and O–H groups in total. The van der Waals surface area contributed by atoms with Gasteiger partial charge in [-0.2, -0.15) is 0 Å². The molecule has 0 bridgehead atoms. The van der Waals surface area contributed by atoms with Crippen molar-refractivity contribution in [2.45, 2.75) is 64.4 Å². The Hall–Kier alpha value is -0.210. The van der Waals surface area contributed by atoms with Crippen molar-refractivity contribution in [3.05, 3.63) is 5.02 Å². The van der Waals surface area contributed by atoms with Gasteiger partial charge >= 0.3 is 6.80 Å². The monoisotopic (exact) mass is 446 g/mol. The first-order valence-electron chi connectivity index (χ1n) is 8.73. The first-order chi connectivity index (χ1) is 12.2. The Labute approximate surface area is 165 Å². The second-order valence-electron chi connectivity index (χ2n) is 5.67. The number of nitrogens with zero attached hydrogens (tertiary/aromatic N) is 2. The van der Waals surface area contributed by atoms with Crippen LogP contribution < -0.4 is 4.52 Å². The van der Waals surface area contributed by atoms with E-state index in [9.17, 15) is 13.0 Å². The summed E-state index contributed by atoms with van der Waals surface area (Å²) >= 11 is 7.27. The average molecular weight is 447 g/mol. The molecule has 0 saturated carbocycles. The zero-order valence-corrected chi connectivity index (χ0v) is 19.0. The highest BCUT2D eigenvalue weighted by Crippen LogP contribution is 2.60. The lowest BCUT2D eigenvalue weighted by atomic mass is 10.2. The standard InChI is InChI=1S/C15H28ClN2O5PS2/c1-5-8-9-10-12-26(20,21)15-13(16)14(17-18(15)11-6-2)23-24(19,22-4)25-7-3/h5-12H2,1-4H3. The molecule has 1 atom stereocenters. The number of unbranched alkanes of at least 4 members (excludes halogenated alkanes) is 3. The van der Waals surface area contributed by atoms with Gasteiger partial charge in [0.1, 0.15) is 5.02 Å². The molecule has 7 nitrogen and oxygen atoms in total. The van der Waals surface area contributed by atoms with Crippen LogP contribution in [-0.2, 0) is 25.5 Å². The largest absolute Gasteiger partial charge is 0.441 e. The molecule has 0 aliphatic rings. The van der Waals surface area contributed by atoms with Gasteiger partial charge in [0.05, 0.1) is 5.75 Å². The molecule has 0 spiro atoms. The van der Waals surface area contributed by atoms with E-state index in [-0.39, 0.29) is 21.7 Å². The van der Waals surface area contributed by atoms with Gasteiger partial charge in [-0.15, -0.1) is 5.10 Å². The van der Waals surface area contributed by atoms with E-state index in [1.807, 2.05) is 13.8 Å².